The van der Waals surface area contributed by atoms with Crippen LogP contribution in [-0.4, -0.2) is 36.3 Å². The van der Waals surface area contributed by atoms with Gasteiger partial charge in [0.25, 0.3) is 11.1 Å². The normalized spacial score (nSPS) is 16.5. The molecule has 1 saturated heterocycles. The molecule has 1 aromatic carbocycles. The molecule has 0 bridgehead atoms. The number of hydrogen-bond donors (Lipinski definition) is 0. The Bertz CT molecular complexity index is 645. The first-order valence-electron chi connectivity index (χ1n) is 6.78. The minimum atomic E-state index is -0.281. The molecule has 1 aliphatic rings. The zero-order chi connectivity index (χ0) is 16.3. The summed E-state index contributed by atoms with van der Waals surface area (Å²) in [6.45, 7) is 4.88. The van der Waals surface area contributed by atoms with Crippen LogP contribution in [0.5, 0.6) is 11.5 Å². The third kappa shape index (κ3) is 3.57. The Morgan fingerprint density at radius 2 is 1.91 bits per heavy atom. The third-order valence-corrected chi connectivity index (χ3v) is 4.67. The Morgan fingerprint density at radius 3 is 2.45 bits per heavy atom. The highest BCUT2D eigenvalue weighted by molar-refractivity contribution is 14.1. The second-order valence-electron chi connectivity index (χ2n) is 4.44. The summed E-state index contributed by atoms with van der Waals surface area (Å²) >= 11 is 3.11. The van der Waals surface area contributed by atoms with Crippen molar-refractivity contribution in [2.75, 3.05) is 20.3 Å². The van der Waals surface area contributed by atoms with Crippen LogP contribution in [0.4, 0.5) is 4.79 Å². The van der Waals surface area contributed by atoms with Crippen LogP contribution >= 0.6 is 34.4 Å². The van der Waals surface area contributed by atoms with Crippen molar-refractivity contribution in [1.82, 2.24) is 4.90 Å². The predicted molar refractivity (Wildman–Crippen MR) is 95.2 cm³/mol. The first-order valence-corrected chi connectivity index (χ1v) is 8.68. The van der Waals surface area contributed by atoms with E-state index < -0.39 is 0 Å². The first kappa shape index (κ1) is 17.1. The zero-order valence-electron chi connectivity index (χ0n) is 12.5. The van der Waals surface area contributed by atoms with Gasteiger partial charge < -0.3 is 9.47 Å². The number of carbonyl (C=O) groups excluding carboxylic acids is 2. The monoisotopic (exact) mass is 433 g/mol. The van der Waals surface area contributed by atoms with Gasteiger partial charge in [-0.1, -0.05) is 0 Å². The second-order valence-corrected chi connectivity index (χ2v) is 6.59. The van der Waals surface area contributed by atoms with Crippen LogP contribution in [0, 0.1) is 3.57 Å². The zero-order valence-corrected chi connectivity index (χ0v) is 15.5. The lowest BCUT2D eigenvalue weighted by Gasteiger charge is -2.13. The summed E-state index contributed by atoms with van der Waals surface area (Å²) < 4.78 is 12.1. The van der Waals surface area contributed by atoms with Crippen LogP contribution in [-0.2, 0) is 4.79 Å². The summed E-state index contributed by atoms with van der Waals surface area (Å²) in [5.74, 6) is 1.06. The van der Waals surface area contributed by atoms with Gasteiger partial charge in [0.05, 0.1) is 21.7 Å². The van der Waals surface area contributed by atoms with E-state index in [-0.39, 0.29) is 11.1 Å². The van der Waals surface area contributed by atoms with Crippen LogP contribution in [0.1, 0.15) is 19.4 Å². The molecule has 2 rings (SSSR count). The van der Waals surface area contributed by atoms with E-state index in [0.29, 0.717) is 29.6 Å². The average molecular weight is 433 g/mol. The van der Waals surface area contributed by atoms with E-state index in [1.54, 1.807) is 6.08 Å². The lowest BCUT2D eigenvalue weighted by Crippen LogP contribution is -2.22. The molecule has 5 nitrogen and oxygen atoms in total. The number of carbonyl (C=O) groups is 2. The fourth-order valence-corrected chi connectivity index (χ4v) is 3.52. The van der Waals surface area contributed by atoms with E-state index in [9.17, 15) is 9.59 Å². The Balaban J connectivity index is 2.40. The van der Waals surface area contributed by atoms with Gasteiger partial charge in [0.1, 0.15) is 0 Å². The predicted octanol–water partition coefficient (Wildman–Crippen LogP) is 3.75. The maximum absolute atomic E-state index is 11.9. The average Bonchev–Trinajstić information content (AvgIpc) is 2.70. The molecule has 2 amide bonds. The molecule has 0 saturated carbocycles. The number of hydrogen-bond acceptors (Lipinski definition) is 5. The lowest BCUT2D eigenvalue weighted by molar-refractivity contribution is -0.121. The van der Waals surface area contributed by atoms with Gasteiger partial charge in [-0.05, 0) is 72.0 Å². The molecule has 1 aromatic rings. The number of ether oxygens (including phenoxy) is 2. The number of benzene rings is 1. The van der Waals surface area contributed by atoms with Crippen LogP contribution < -0.4 is 9.47 Å². The van der Waals surface area contributed by atoms with E-state index in [2.05, 4.69) is 22.6 Å². The van der Waals surface area contributed by atoms with E-state index in [1.165, 1.54) is 7.05 Å². The second kappa shape index (κ2) is 7.36. The van der Waals surface area contributed by atoms with Gasteiger partial charge in [-0.2, -0.15) is 0 Å². The molecule has 0 aromatic heterocycles. The molecule has 7 heteroatoms. The topological polar surface area (TPSA) is 55.8 Å². The summed E-state index contributed by atoms with van der Waals surface area (Å²) in [5, 5.41) is -0.262. The van der Waals surface area contributed by atoms with Gasteiger partial charge in [-0.15, -0.1) is 0 Å². The maximum atomic E-state index is 11.9. The van der Waals surface area contributed by atoms with Crippen molar-refractivity contribution in [3.8, 4) is 11.5 Å². The van der Waals surface area contributed by atoms with Crippen molar-refractivity contribution < 1.29 is 19.1 Å². The summed E-state index contributed by atoms with van der Waals surface area (Å²) in [7, 11) is 1.48. The summed E-state index contributed by atoms with van der Waals surface area (Å²) in [4.78, 5) is 25.0. The van der Waals surface area contributed by atoms with Gasteiger partial charge in [-0.25, -0.2) is 0 Å². The summed E-state index contributed by atoms with van der Waals surface area (Å²) in [5.41, 5.74) is 0.801. The SMILES string of the molecule is CCOc1cc(/C=C2\SC(=O)N(C)C2=O)cc(I)c1OCC. The molecule has 0 N–H and O–H groups in total. The van der Waals surface area contributed by atoms with Crippen molar-refractivity contribution in [3.05, 3.63) is 26.2 Å². The summed E-state index contributed by atoms with van der Waals surface area (Å²) in [6.07, 6.45) is 1.70. The first-order chi connectivity index (χ1) is 10.5. The molecule has 0 atom stereocenters. The van der Waals surface area contributed by atoms with Gasteiger partial charge in [0.15, 0.2) is 11.5 Å². The largest absolute Gasteiger partial charge is 0.490 e. The van der Waals surface area contributed by atoms with Crippen molar-refractivity contribution in [1.29, 1.82) is 0 Å². The Morgan fingerprint density at radius 1 is 1.23 bits per heavy atom. The minimum Gasteiger partial charge on any atom is -0.490 e. The number of rotatable bonds is 5. The quantitative estimate of drug-likeness (QED) is 0.523. The van der Waals surface area contributed by atoms with Crippen LogP contribution in [0.2, 0.25) is 0 Å². The van der Waals surface area contributed by atoms with Crippen LogP contribution in [0.15, 0.2) is 17.0 Å². The van der Waals surface area contributed by atoms with E-state index in [0.717, 1.165) is 25.8 Å². The fourth-order valence-electron chi connectivity index (χ4n) is 1.92. The molecule has 1 aliphatic heterocycles. The van der Waals surface area contributed by atoms with E-state index >= 15 is 0 Å². The van der Waals surface area contributed by atoms with Gasteiger partial charge in [0.2, 0.25) is 0 Å². The number of thioether (sulfide) groups is 1. The number of likely N-dealkylation sites (N-methyl/N-ethyl adjacent to an activating group) is 1. The molecule has 1 fully saturated rings. The number of amides is 2. The van der Waals surface area contributed by atoms with Gasteiger partial charge in [0, 0.05) is 7.05 Å². The van der Waals surface area contributed by atoms with Crippen molar-refractivity contribution in [2.24, 2.45) is 0 Å². The van der Waals surface area contributed by atoms with Crippen molar-refractivity contribution >= 4 is 51.6 Å². The smallest absolute Gasteiger partial charge is 0.293 e. The number of halogens is 1. The molecule has 118 valence electrons. The molecular formula is C15H16INO4S. The van der Waals surface area contributed by atoms with E-state index in [1.807, 2.05) is 26.0 Å². The molecular weight excluding hydrogens is 417 g/mol. The molecule has 1 heterocycles. The molecule has 0 unspecified atom stereocenters. The van der Waals surface area contributed by atoms with Gasteiger partial charge >= 0.3 is 0 Å². The highest BCUT2D eigenvalue weighted by Gasteiger charge is 2.31. The molecule has 22 heavy (non-hydrogen) atoms. The molecule has 0 radical (unpaired) electrons. The summed E-state index contributed by atoms with van der Waals surface area (Å²) in [6, 6.07) is 3.72. The number of imide groups is 1. The van der Waals surface area contributed by atoms with Crippen LogP contribution in [0.25, 0.3) is 6.08 Å². The minimum absolute atomic E-state index is 0.262. The van der Waals surface area contributed by atoms with Gasteiger partial charge in [-0.3, -0.25) is 14.5 Å². The van der Waals surface area contributed by atoms with Crippen molar-refractivity contribution in [3.63, 3.8) is 0 Å². The lowest BCUT2D eigenvalue weighted by atomic mass is 10.2. The Labute approximate surface area is 147 Å². The van der Waals surface area contributed by atoms with Crippen molar-refractivity contribution in [2.45, 2.75) is 13.8 Å². The fraction of sp³-hybridized carbons (Fsp3) is 0.333. The maximum Gasteiger partial charge on any atom is 0.293 e. The third-order valence-electron chi connectivity index (χ3n) is 2.90. The highest BCUT2D eigenvalue weighted by atomic mass is 127. The van der Waals surface area contributed by atoms with E-state index in [4.69, 9.17) is 9.47 Å². The Kier molecular flexibility index (Phi) is 5.74. The standard InChI is InChI=1S/C15H16INO4S/c1-4-20-11-7-9(6-10(16)13(11)21-5-2)8-12-14(18)17(3)15(19)22-12/h6-8H,4-5H2,1-3H3/b12-8-. The Hall–Kier alpha value is -1.22. The molecule has 0 aliphatic carbocycles. The molecule has 0 spiro atoms. The highest BCUT2D eigenvalue weighted by Crippen LogP contribution is 2.37. The number of nitrogens with zero attached hydrogens (tertiary/aromatic N) is 1. The van der Waals surface area contributed by atoms with Crippen LogP contribution in [0.3, 0.4) is 0 Å².